The lowest BCUT2D eigenvalue weighted by Crippen LogP contribution is -1.82. The quantitative estimate of drug-likeness (QED) is 0.467. The van der Waals surface area contributed by atoms with Crippen molar-refractivity contribution in [3.05, 3.63) is 54.6 Å². The van der Waals surface area contributed by atoms with E-state index in [9.17, 15) is 4.79 Å². The monoisotopic (exact) mass is 288 g/mol. The van der Waals surface area contributed by atoms with Gasteiger partial charge in [-0.15, -0.1) is 0 Å². The highest BCUT2D eigenvalue weighted by Crippen LogP contribution is 2.08. The second-order valence-electron chi connectivity index (χ2n) is 4.91. The molecular weight excluding hydrogens is 260 g/mol. The average Bonchev–Trinajstić information content (AvgIpc) is 2.51. The number of carboxylic acids is 1. The van der Waals surface area contributed by atoms with Crippen LogP contribution in [-0.4, -0.2) is 11.1 Å². The Hall–Kier alpha value is -1.83. The summed E-state index contributed by atoms with van der Waals surface area (Å²) in [6.07, 6.45) is 14.9. The normalized spacial score (nSPS) is 9.95. The lowest BCUT2D eigenvalue weighted by molar-refractivity contribution is -0.131. The molecule has 0 aliphatic carbocycles. The summed E-state index contributed by atoms with van der Waals surface area (Å²) in [5, 5.41) is 7.60. The topological polar surface area (TPSA) is 37.3 Å². The molecule has 0 atom stereocenters. The second-order valence-corrected chi connectivity index (χ2v) is 4.91. The molecule has 0 radical (unpaired) electrons. The first-order chi connectivity index (χ1) is 10.2. The van der Waals surface area contributed by atoms with Gasteiger partial charge in [0, 0.05) is 6.08 Å². The molecule has 21 heavy (non-hydrogen) atoms. The lowest BCUT2D eigenvalue weighted by Gasteiger charge is -1.97. The molecule has 1 N–H and O–H groups in total. The van der Waals surface area contributed by atoms with Crippen molar-refractivity contribution in [2.75, 3.05) is 0 Å². The molecule has 0 aliphatic rings. The standard InChI is InChI=1S/C16H24.C3H4O2/c1-2-3-4-5-6-7-8-10-13-16-14-11-9-12-15-16;1-2-3(4)5/h9-15H,2-8H2,1H3;2H,1H2,(H,4,5). The third-order valence-electron chi connectivity index (χ3n) is 3.01. The molecule has 0 amide bonds. The zero-order chi connectivity index (χ0) is 15.8. The predicted molar refractivity (Wildman–Crippen MR) is 91.3 cm³/mol. The van der Waals surface area contributed by atoms with Crippen molar-refractivity contribution in [2.45, 2.75) is 51.9 Å². The average molecular weight is 288 g/mol. The molecule has 116 valence electrons. The molecule has 1 rings (SSSR count). The summed E-state index contributed by atoms with van der Waals surface area (Å²) in [7, 11) is 0. The maximum atomic E-state index is 9.25. The van der Waals surface area contributed by atoms with Crippen LogP contribution in [-0.2, 0) is 4.79 Å². The van der Waals surface area contributed by atoms with Gasteiger partial charge >= 0.3 is 5.97 Å². The molecule has 0 spiro atoms. The maximum absolute atomic E-state index is 9.25. The van der Waals surface area contributed by atoms with Gasteiger partial charge in [0.15, 0.2) is 0 Å². The van der Waals surface area contributed by atoms with Gasteiger partial charge in [0.05, 0.1) is 0 Å². The molecule has 0 bridgehead atoms. The van der Waals surface area contributed by atoms with Crippen LogP contribution >= 0.6 is 0 Å². The van der Waals surface area contributed by atoms with E-state index in [-0.39, 0.29) is 0 Å². The van der Waals surface area contributed by atoms with Gasteiger partial charge in [0.25, 0.3) is 0 Å². The van der Waals surface area contributed by atoms with Crippen molar-refractivity contribution in [3.8, 4) is 0 Å². The summed E-state index contributed by atoms with van der Waals surface area (Å²) in [6.45, 7) is 5.23. The van der Waals surface area contributed by atoms with Crippen molar-refractivity contribution in [1.29, 1.82) is 0 Å². The number of benzene rings is 1. The highest BCUT2D eigenvalue weighted by molar-refractivity contribution is 5.78. The summed E-state index contributed by atoms with van der Waals surface area (Å²) in [6, 6.07) is 10.5. The van der Waals surface area contributed by atoms with Crippen molar-refractivity contribution in [2.24, 2.45) is 0 Å². The first-order valence-corrected chi connectivity index (χ1v) is 7.77. The van der Waals surface area contributed by atoms with E-state index in [0.717, 1.165) is 6.08 Å². The van der Waals surface area contributed by atoms with Gasteiger partial charge in [0.2, 0.25) is 0 Å². The van der Waals surface area contributed by atoms with Crippen molar-refractivity contribution < 1.29 is 9.90 Å². The molecule has 2 nitrogen and oxygen atoms in total. The van der Waals surface area contributed by atoms with E-state index >= 15 is 0 Å². The van der Waals surface area contributed by atoms with Gasteiger partial charge in [-0.1, -0.05) is 88.1 Å². The van der Waals surface area contributed by atoms with Crippen molar-refractivity contribution in [1.82, 2.24) is 0 Å². The molecule has 0 saturated heterocycles. The largest absolute Gasteiger partial charge is 0.478 e. The first-order valence-electron chi connectivity index (χ1n) is 7.77. The first kappa shape index (κ1) is 19.2. The molecule has 0 aliphatic heterocycles. The molecule has 0 saturated carbocycles. The molecule has 0 fully saturated rings. The molecule has 2 heteroatoms. The Morgan fingerprint density at radius 3 is 2.24 bits per heavy atom. The third-order valence-corrected chi connectivity index (χ3v) is 3.01. The van der Waals surface area contributed by atoms with Gasteiger partial charge in [-0.05, 0) is 18.4 Å². The Balaban J connectivity index is 0.000000690. The molecule has 1 aromatic rings. The number of rotatable bonds is 9. The van der Waals surface area contributed by atoms with Crippen LogP contribution in [0.15, 0.2) is 49.1 Å². The van der Waals surface area contributed by atoms with Crippen LogP contribution in [0, 0.1) is 0 Å². The van der Waals surface area contributed by atoms with Crippen LogP contribution in [0.5, 0.6) is 0 Å². The fourth-order valence-corrected chi connectivity index (χ4v) is 1.83. The highest BCUT2D eigenvalue weighted by Gasteiger charge is 1.88. The van der Waals surface area contributed by atoms with E-state index in [2.05, 4.69) is 56.0 Å². The third kappa shape index (κ3) is 14.4. The Bertz CT molecular complexity index is 393. The van der Waals surface area contributed by atoms with Crippen LogP contribution < -0.4 is 0 Å². The smallest absolute Gasteiger partial charge is 0.327 e. The zero-order valence-electron chi connectivity index (χ0n) is 13.1. The Morgan fingerprint density at radius 2 is 1.67 bits per heavy atom. The number of unbranched alkanes of at least 4 members (excludes halogenated alkanes) is 6. The zero-order valence-corrected chi connectivity index (χ0v) is 13.1. The minimum absolute atomic E-state index is 0.833. The summed E-state index contributed by atoms with van der Waals surface area (Å²) >= 11 is 0. The number of hydrogen-bond acceptors (Lipinski definition) is 1. The van der Waals surface area contributed by atoms with Crippen LogP contribution in [0.2, 0.25) is 0 Å². The van der Waals surface area contributed by atoms with E-state index < -0.39 is 5.97 Å². The van der Waals surface area contributed by atoms with Gasteiger partial charge in [-0.3, -0.25) is 0 Å². The van der Waals surface area contributed by atoms with Crippen LogP contribution in [0.1, 0.15) is 57.4 Å². The number of carboxylic acid groups (broad SMARTS) is 1. The Labute approximate surface area is 129 Å². The minimum Gasteiger partial charge on any atom is -0.478 e. The van der Waals surface area contributed by atoms with E-state index in [1.807, 2.05) is 0 Å². The van der Waals surface area contributed by atoms with Gasteiger partial charge in [-0.2, -0.15) is 0 Å². The summed E-state index contributed by atoms with van der Waals surface area (Å²) < 4.78 is 0. The van der Waals surface area contributed by atoms with Crippen LogP contribution in [0.3, 0.4) is 0 Å². The van der Waals surface area contributed by atoms with Gasteiger partial charge in [-0.25, -0.2) is 4.79 Å². The molecule has 1 aromatic carbocycles. The fraction of sp³-hybridized carbons (Fsp3) is 0.421. The second kappa shape index (κ2) is 14.6. The number of aliphatic carboxylic acids is 1. The van der Waals surface area contributed by atoms with Gasteiger partial charge < -0.3 is 5.11 Å². The van der Waals surface area contributed by atoms with Crippen LogP contribution in [0.4, 0.5) is 0 Å². The molecule has 0 heterocycles. The SMILES string of the molecule is C=CC(=O)O.CCCCCCCCC=Cc1ccccc1. The summed E-state index contributed by atoms with van der Waals surface area (Å²) in [5.74, 6) is -0.981. The number of allylic oxidation sites excluding steroid dienone is 1. The summed E-state index contributed by atoms with van der Waals surface area (Å²) in [4.78, 5) is 9.25. The molecule has 0 aromatic heterocycles. The number of hydrogen-bond donors (Lipinski definition) is 1. The number of carbonyl (C=O) groups is 1. The maximum Gasteiger partial charge on any atom is 0.327 e. The molecular formula is C19H28O2. The predicted octanol–water partition coefficient (Wildman–Crippen LogP) is 5.71. The lowest BCUT2D eigenvalue weighted by atomic mass is 10.1. The van der Waals surface area contributed by atoms with E-state index in [0.29, 0.717) is 0 Å². The Morgan fingerprint density at radius 1 is 1.10 bits per heavy atom. The summed E-state index contributed by atoms with van der Waals surface area (Å²) in [5.41, 5.74) is 1.31. The van der Waals surface area contributed by atoms with E-state index in [1.165, 1.54) is 50.5 Å². The van der Waals surface area contributed by atoms with Gasteiger partial charge in [0.1, 0.15) is 0 Å². The highest BCUT2D eigenvalue weighted by atomic mass is 16.4. The minimum atomic E-state index is -0.981. The fourth-order valence-electron chi connectivity index (χ4n) is 1.83. The van der Waals surface area contributed by atoms with Crippen LogP contribution in [0.25, 0.3) is 6.08 Å². The van der Waals surface area contributed by atoms with E-state index in [1.54, 1.807) is 0 Å². The Kier molecular flexibility index (Phi) is 13.3. The van der Waals surface area contributed by atoms with Crippen molar-refractivity contribution in [3.63, 3.8) is 0 Å². The van der Waals surface area contributed by atoms with Crippen molar-refractivity contribution >= 4 is 12.0 Å². The van der Waals surface area contributed by atoms with E-state index in [4.69, 9.17) is 5.11 Å². The molecule has 0 unspecified atom stereocenters.